The lowest BCUT2D eigenvalue weighted by molar-refractivity contribution is 0.299. The van der Waals surface area contributed by atoms with Crippen molar-refractivity contribution in [3.05, 3.63) is 57.8 Å². The Kier molecular flexibility index (Phi) is 4.78. The molecule has 0 aliphatic heterocycles. The second kappa shape index (κ2) is 6.34. The minimum absolute atomic E-state index is 0.489. The van der Waals surface area contributed by atoms with Gasteiger partial charge < -0.3 is 4.74 Å². The summed E-state index contributed by atoms with van der Waals surface area (Å²) in [6.07, 6.45) is 0. The summed E-state index contributed by atoms with van der Waals surface area (Å²) < 4.78 is 6.86. The van der Waals surface area contributed by atoms with Crippen LogP contribution in [0.4, 0.5) is 0 Å². The smallest absolute Gasteiger partial charge is 0.130 e. The van der Waals surface area contributed by atoms with Crippen LogP contribution in [0.1, 0.15) is 17.0 Å². The zero-order chi connectivity index (χ0) is 13.0. The molecule has 2 rings (SSSR count). The lowest BCUT2D eigenvalue weighted by Gasteiger charge is -2.10. The molecule has 0 N–H and O–H groups in total. The van der Waals surface area contributed by atoms with E-state index < -0.39 is 0 Å². The molecule has 0 radical (unpaired) electrons. The Hall–Kier alpha value is -0.870. The van der Waals surface area contributed by atoms with Gasteiger partial charge in [-0.05, 0) is 37.3 Å². The fourth-order valence-corrected chi connectivity index (χ4v) is 2.47. The highest BCUT2D eigenvalue weighted by molar-refractivity contribution is 9.10. The van der Waals surface area contributed by atoms with Gasteiger partial charge in [0.05, 0.1) is 5.69 Å². The fraction of sp³-hybridized carbons (Fsp3) is 0.214. The van der Waals surface area contributed by atoms with Gasteiger partial charge in [0, 0.05) is 21.1 Å². The molecule has 18 heavy (non-hydrogen) atoms. The van der Waals surface area contributed by atoms with Crippen LogP contribution in [0.2, 0.25) is 0 Å². The Balaban J connectivity index is 2.10. The first kappa shape index (κ1) is 13.6. The van der Waals surface area contributed by atoms with Crippen molar-refractivity contribution in [3.63, 3.8) is 0 Å². The normalized spacial score (nSPS) is 10.4. The van der Waals surface area contributed by atoms with Gasteiger partial charge in [0.25, 0.3) is 0 Å². The lowest BCUT2D eigenvalue weighted by Crippen LogP contribution is -2.00. The molecule has 0 atom stereocenters. The molecule has 94 valence electrons. The van der Waals surface area contributed by atoms with Crippen LogP contribution in [-0.4, -0.2) is 4.98 Å². The Morgan fingerprint density at radius 1 is 1.22 bits per heavy atom. The highest BCUT2D eigenvalue weighted by Gasteiger charge is 2.04. The Morgan fingerprint density at radius 3 is 2.78 bits per heavy atom. The molecule has 4 heteroatoms. The number of pyridine rings is 1. The number of benzene rings is 1. The third kappa shape index (κ3) is 3.56. The van der Waals surface area contributed by atoms with E-state index in [1.54, 1.807) is 0 Å². The average Bonchev–Trinajstić information content (AvgIpc) is 2.37. The van der Waals surface area contributed by atoms with Crippen LogP contribution < -0.4 is 4.74 Å². The second-order valence-corrected chi connectivity index (χ2v) is 5.42. The number of aryl methyl sites for hydroxylation is 1. The largest absolute Gasteiger partial charge is 0.487 e. The van der Waals surface area contributed by atoms with E-state index in [0.29, 0.717) is 6.61 Å². The van der Waals surface area contributed by atoms with Gasteiger partial charge >= 0.3 is 0 Å². The third-order valence-electron chi connectivity index (χ3n) is 2.49. The van der Waals surface area contributed by atoms with Crippen LogP contribution in [0.25, 0.3) is 0 Å². The molecule has 0 saturated heterocycles. The summed E-state index contributed by atoms with van der Waals surface area (Å²) in [5.41, 5.74) is 3.07. The van der Waals surface area contributed by atoms with E-state index in [0.717, 1.165) is 32.5 Å². The molecular formula is C14H13Br2NO. The van der Waals surface area contributed by atoms with Crippen LogP contribution in [0.15, 0.2) is 40.9 Å². The maximum absolute atomic E-state index is 5.81. The van der Waals surface area contributed by atoms with Gasteiger partial charge in [-0.2, -0.15) is 0 Å². The molecule has 0 amide bonds. The van der Waals surface area contributed by atoms with Crippen LogP contribution in [0.5, 0.6) is 5.75 Å². The van der Waals surface area contributed by atoms with E-state index in [1.807, 2.05) is 43.3 Å². The lowest BCUT2D eigenvalue weighted by atomic mass is 10.2. The SMILES string of the molecule is Cc1cccc(COc2ccc(Br)cc2CBr)n1. The molecule has 0 fully saturated rings. The number of aromatic nitrogens is 1. The Bertz CT molecular complexity index is 543. The number of rotatable bonds is 4. The minimum Gasteiger partial charge on any atom is -0.487 e. The van der Waals surface area contributed by atoms with Gasteiger partial charge in [-0.3, -0.25) is 4.98 Å². The number of ether oxygens (including phenoxy) is 1. The van der Waals surface area contributed by atoms with Crippen molar-refractivity contribution < 1.29 is 4.74 Å². The molecule has 0 saturated carbocycles. The standard InChI is InChI=1S/C14H13Br2NO/c1-10-3-2-4-13(17-10)9-18-14-6-5-12(16)7-11(14)8-15/h2-7H,8-9H2,1H3. The van der Waals surface area contributed by atoms with Gasteiger partial charge in [0.1, 0.15) is 12.4 Å². The highest BCUT2D eigenvalue weighted by Crippen LogP contribution is 2.25. The number of hydrogen-bond acceptors (Lipinski definition) is 2. The minimum atomic E-state index is 0.489. The van der Waals surface area contributed by atoms with Crippen LogP contribution in [-0.2, 0) is 11.9 Å². The molecular weight excluding hydrogens is 358 g/mol. The first-order chi connectivity index (χ1) is 8.69. The van der Waals surface area contributed by atoms with Crippen LogP contribution in [0, 0.1) is 6.92 Å². The molecule has 0 unspecified atom stereocenters. The molecule has 0 spiro atoms. The number of alkyl halides is 1. The predicted octanol–water partition coefficient (Wildman–Crippen LogP) is 4.63. The Labute approximate surface area is 124 Å². The monoisotopic (exact) mass is 369 g/mol. The molecule has 1 aromatic heterocycles. The van der Waals surface area contributed by atoms with E-state index in [-0.39, 0.29) is 0 Å². The van der Waals surface area contributed by atoms with Crippen LogP contribution in [0.3, 0.4) is 0 Å². The molecule has 0 aliphatic carbocycles. The van der Waals surface area contributed by atoms with E-state index in [4.69, 9.17) is 4.74 Å². The van der Waals surface area contributed by atoms with Gasteiger partial charge in [-0.25, -0.2) is 0 Å². The number of nitrogens with zero attached hydrogens (tertiary/aromatic N) is 1. The van der Waals surface area contributed by atoms with Crippen molar-refractivity contribution in [1.29, 1.82) is 0 Å². The van der Waals surface area contributed by atoms with Crippen molar-refractivity contribution in [2.24, 2.45) is 0 Å². The molecule has 0 bridgehead atoms. The summed E-state index contributed by atoms with van der Waals surface area (Å²) in [4.78, 5) is 4.42. The fourth-order valence-electron chi connectivity index (χ4n) is 1.62. The second-order valence-electron chi connectivity index (χ2n) is 3.94. The quantitative estimate of drug-likeness (QED) is 0.732. The maximum atomic E-state index is 5.81. The molecule has 1 heterocycles. The van der Waals surface area contributed by atoms with E-state index in [1.165, 1.54) is 0 Å². The number of halogens is 2. The average molecular weight is 371 g/mol. The van der Waals surface area contributed by atoms with Gasteiger partial charge in [0.15, 0.2) is 0 Å². The summed E-state index contributed by atoms with van der Waals surface area (Å²) in [5, 5.41) is 0.767. The zero-order valence-electron chi connectivity index (χ0n) is 9.99. The summed E-state index contributed by atoms with van der Waals surface area (Å²) in [6.45, 7) is 2.47. The third-order valence-corrected chi connectivity index (χ3v) is 3.59. The van der Waals surface area contributed by atoms with E-state index in [2.05, 4.69) is 36.8 Å². The number of hydrogen-bond donors (Lipinski definition) is 0. The van der Waals surface area contributed by atoms with Crippen LogP contribution >= 0.6 is 31.9 Å². The van der Waals surface area contributed by atoms with Crippen molar-refractivity contribution in [2.75, 3.05) is 0 Å². The summed E-state index contributed by atoms with van der Waals surface area (Å²) in [6, 6.07) is 11.9. The zero-order valence-corrected chi connectivity index (χ0v) is 13.2. The molecule has 2 aromatic rings. The predicted molar refractivity (Wildman–Crippen MR) is 80.1 cm³/mol. The molecule has 1 aromatic carbocycles. The molecule has 0 aliphatic rings. The van der Waals surface area contributed by atoms with Crippen molar-refractivity contribution >= 4 is 31.9 Å². The molecule has 2 nitrogen and oxygen atoms in total. The van der Waals surface area contributed by atoms with Crippen molar-refractivity contribution in [2.45, 2.75) is 18.9 Å². The highest BCUT2D eigenvalue weighted by atomic mass is 79.9. The van der Waals surface area contributed by atoms with Gasteiger partial charge in [-0.15, -0.1) is 0 Å². The summed E-state index contributed by atoms with van der Waals surface area (Å²) in [7, 11) is 0. The van der Waals surface area contributed by atoms with Crippen molar-refractivity contribution in [1.82, 2.24) is 4.98 Å². The van der Waals surface area contributed by atoms with E-state index >= 15 is 0 Å². The van der Waals surface area contributed by atoms with Gasteiger partial charge in [-0.1, -0.05) is 37.9 Å². The topological polar surface area (TPSA) is 22.1 Å². The Morgan fingerprint density at radius 2 is 2.06 bits per heavy atom. The summed E-state index contributed by atoms with van der Waals surface area (Å²) in [5.74, 6) is 0.887. The first-order valence-electron chi connectivity index (χ1n) is 5.59. The first-order valence-corrected chi connectivity index (χ1v) is 7.50. The summed E-state index contributed by atoms with van der Waals surface area (Å²) >= 11 is 6.92. The van der Waals surface area contributed by atoms with Crippen molar-refractivity contribution in [3.8, 4) is 5.75 Å². The van der Waals surface area contributed by atoms with Gasteiger partial charge in [0.2, 0.25) is 0 Å². The maximum Gasteiger partial charge on any atom is 0.130 e. The van der Waals surface area contributed by atoms with E-state index in [9.17, 15) is 0 Å².